The molecule has 0 amide bonds. The Labute approximate surface area is 250 Å². The molecule has 0 aliphatic heterocycles. The number of methoxy groups -OCH3 is 1. The van der Waals surface area contributed by atoms with Crippen molar-refractivity contribution < 1.29 is 23.0 Å². The third kappa shape index (κ3) is 5.65. The Balaban J connectivity index is 1.31. The number of ketones is 1. The van der Waals surface area contributed by atoms with Gasteiger partial charge in [-0.3, -0.25) is 19.6 Å². The topological polar surface area (TPSA) is 96.2 Å². The van der Waals surface area contributed by atoms with Crippen LogP contribution in [-0.2, 0) is 6.42 Å². The van der Waals surface area contributed by atoms with Gasteiger partial charge in [-0.15, -0.1) is 0 Å². The smallest absolute Gasteiger partial charge is 0.200 e. The van der Waals surface area contributed by atoms with E-state index in [0.29, 0.717) is 45.0 Å². The fourth-order valence-electron chi connectivity index (χ4n) is 4.81. The zero-order valence-electron chi connectivity index (χ0n) is 23.6. The summed E-state index contributed by atoms with van der Waals surface area (Å²) in [6, 6.07) is 16.4. The Morgan fingerprint density at radius 2 is 1.75 bits per heavy atom. The van der Waals surface area contributed by atoms with E-state index in [2.05, 4.69) is 15.0 Å². The molecule has 218 valence electrons. The highest BCUT2D eigenvalue weighted by Crippen LogP contribution is 2.32. The molecule has 0 spiro atoms. The zero-order chi connectivity index (χ0) is 30.8. The standard InChI is InChI=1S/C34H24F2N4O4/c1-20-32(43-2)16-28-33(39-20)31(11-13-38-28)44-30-10-5-21(14-27(30)36)15-29(41)26-19-40(24-4-3-12-37-17-24)18-25(34(26)42)22-6-8-23(35)9-7-22/h3-14,16-19H,15H2,1-2H3. The molecule has 0 unspecified atom stereocenters. The van der Waals surface area contributed by atoms with Crippen molar-refractivity contribution in [2.75, 3.05) is 7.11 Å². The van der Waals surface area contributed by atoms with Gasteiger partial charge in [0.15, 0.2) is 28.5 Å². The molecule has 0 bridgehead atoms. The van der Waals surface area contributed by atoms with Gasteiger partial charge in [0.2, 0.25) is 0 Å². The van der Waals surface area contributed by atoms with Crippen molar-refractivity contribution in [1.82, 2.24) is 19.5 Å². The van der Waals surface area contributed by atoms with Crippen LogP contribution in [0.5, 0.6) is 17.2 Å². The van der Waals surface area contributed by atoms with E-state index in [1.807, 2.05) is 0 Å². The lowest BCUT2D eigenvalue weighted by molar-refractivity contribution is 0.0991. The number of carbonyl (C=O) groups is 1. The van der Waals surface area contributed by atoms with Crippen LogP contribution >= 0.6 is 0 Å². The SMILES string of the molecule is COc1cc2nccc(Oc3ccc(CC(=O)c4cn(-c5cccnc5)cc(-c5ccc(F)cc5)c4=O)cc3F)c2nc1C. The van der Waals surface area contributed by atoms with Crippen LogP contribution in [0.15, 0.2) is 103 Å². The monoisotopic (exact) mass is 590 g/mol. The minimum Gasteiger partial charge on any atom is -0.495 e. The molecule has 0 saturated carbocycles. The first-order valence-corrected chi connectivity index (χ1v) is 13.5. The van der Waals surface area contributed by atoms with Crippen LogP contribution in [0.1, 0.15) is 21.6 Å². The zero-order valence-corrected chi connectivity index (χ0v) is 23.6. The number of carbonyl (C=O) groups excluding carboxylic acids is 1. The number of aromatic nitrogens is 4. The van der Waals surface area contributed by atoms with Gasteiger partial charge in [0, 0.05) is 48.9 Å². The number of Topliss-reactive ketones (excluding diaryl/α,β-unsaturated/α-hetero) is 1. The predicted molar refractivity (Wildman–Crippen MR) is 161 cm³/mol. The second-order valence-corrected chi connectivity index (χ2v) is 9.96. The van der Waals surface area contributed by atoms with Gasteiger partial charge >= 0.3 is 0 Å². The number of hydrogen-bond donors (Lipinski definition) is 0. The number of hydrogen-bond acceptors (Lipinski definition) is 7. The normalized spacial score (nSPS) is 11.0. The molecule has 0 atom stereocenters. The fourth-order valence-corrected chi connectivity index (χ4v) is 4.81. The molecular weight excluding hydrogens is 566 g/mol. The number of ether oxygens (including phenoxy) is 2. The maximum absolute atomic E-state index is 15.3. The average Bonchev–Trinajstić information content (AvgIpc) is 3.03. The Kier molecular flexibility index (Phi) is 7.63. The Hall–Kier alpha value is -5.77. The first kappa shape index (κ1) is 28.4. The second kappa shape index (κ2) is 11.8. The Bertz CT molecular complexity index is 2080. The summed E-state index contributed by atoms with van der Waals surface area (Å²) in [5.74, 6) is -0.862. The first-order chi connectivity index (χ1) is 21.3. The summed E-state index contributed by atoms with van der Waals surface area (Å²) in [7, 11) is 1.54. The maximum atomic E-state index is 15.3. The van der Waals surface area contributed by atoms with Gasteiger partial charge in [0.25, 0.3) is 0 Å². The van der Waals surface area contributed by atoms with Crippen molar-refractivity contribution >= 4 is 16.8 Å². The number of benzene rings is 2. The van der Waals surface area contributed by atoms with E-state index in [1.165, 1.54) is 55.9 Å². The molecule has 4 aromatic heterocycles. The van der Waals surface area contributed by atoms with E-state index in [4.69, 9.17) is 9.47 Å². The summed E-state index contributed by atoms with van der Waals surface area (Å²) in [4.78, 5) is 39.9. The highest BCUT2D eigenvalue weighted by atomic mass is 19.1. The number of halogens is 2. The van der Waals surface area contributed by atoms with Crippen molar-refractivity contribution in [3.05, 3.63) is 136 Å². The lowest BCUT2D eigenvalue weighted by Crippen LogP contribution is -2.21. The van der Waals surface area contributed by atoms with Gasteiger partial charge in [-0.2, -0.15) is 0 Å². The summed E-state index contributed by atoms with van der Waals surface area (Å²) in [6.07, 6.45) is 7.47. The Morgan fingerprint density at radius 1 is 0.932 bits per heavy atom. The summed E-state index contributed by atoms with van der Waals surface area (Å²) >= 11 is 0. The number of aryl methyl sites for hydroxylation is 1. The molecule has 8 nitrogen and oxygen atoms in total. The number of pyridine rings is 4. The van der Waals surface area contributed by atoms with E-state index in [1.54, 1.807) is 60.4 Å². The number of nitrogens with zero attached hydrogens (tertiary/aromatic N) is 4. The molecular formula is C34H24F2N4O4. The minimum atomic E-state index is -0.696. The van der Waals surface area contributed by atoms with Crippen LogP contribution in [0.3, 0.4) is 0 Å². The van der Waals surface area contributed by atoms with Crippen LogP contribution in [0.2, 0.25) is 0 Å². The van der Waals surface area contributed by atoms with E-state index in [-0.39, 0.29) is 23.3 Å². The van der Waals surface area contributed by atoms with Crippen molar-refractivity contribution in [2.45, 2.75) is 13.3 Å². The molecule has 0 saturated heterocycles. The Morgan fingerprint density at radius 3 is 2.48 bits per heavy atom. The lowest BCUT2D eigenvalue weighted by atomic mass is 9.99. The van der Waals surface area contributed by atoms with E-state index >= 15 is 4.39 Å². The molecule has 0 aliphatic carbocycles. The van der Waals surface area contributed by atoms with Crippen LogP contribution in [0, 0.1) is 18.6 Å². The molecule has 10 heteroatoms. The summed E-state index contributed by atoms with van der Waals surface area (Å²) < 4.78 is 41.7. The summed E-state index contributed by atoms with van der Waals surface area (Å²) in [5.41, 5.74) is 2.58. The summed E-state index contributed by atoms with van der Waals surface area (Å²) in [5, 5.41) is 0. The van der Waals surface area contributed by atoms with Gasteiger partial charge in [-0.1, -0.05) is 18.2 Å². The number of rotatable bonds is 8. The van der Waals surface area contributed by atoms with E-state index in [0.717, 1.165) is 0 Å². The van der Waals surface area contributed by atoms with E-state index in [9.17, 15) is 14.0 Å². The molecule has 2 aromatic carbocycles. The van der Waals surface area contributed by atoms with Gasteiger partial charge in [-0.05, 0) is 54.4 Å². The largest absolute Gasteiger partial charge is 0.495 e. The predicted octanol–water partition coefficient (Wildman–Crippen LogP) is 6.66. The van der Waals surface area contributed by atoms with Crippen molar-refractivity contribution in [1.29, 1.82) is 0 Å². The maximum Gasteiger partial charge on any atom is 0.200 e. The molecule has 0 fully saturated rings. The molecule has 0 aliphatic rings. The summed E-state index contributed by atoms with van der Waals surface area (Å²) in [6.45, 7) is 1.78. The highest BCUT2D eigenvalue weighted by Gasteiger charge is 2.19. The molecule has 0 N–H and O–H groups in total. The molecule has 6 rings (SSSR count). The molecule has 6 aromatic rings. The molecule has 44 heavy (non-hydrogen) atoms. The van der Waals surface area contributed by atoms with Gasteiger partial charge < -0.3 is 14.0 Å². The van der Waals surface area contributed by atoms with Crippen molar-refractivity contribution in [2.24, 2.45) is 0 Å². The first-order valence-electron chi connectivity index (χ1n) is 13.5. The quantitative estimate of drug-likeness (QED) is 0.183. The fraction of sp³-hybridized carbons (Fsp3) is 0.0882. The second-order valence-electron chi connectivity index (χ2n) is 9.96. The third-order valence-electron chi connectivity index (χ3n) is 7.05. The van der Waals surface area contributed by atoms with Crippen molar-refractivity contribution in [3.8, 4) is 34.1 Å². The van der Waals surface area contributed by atoms with Crippen LogP contribution in [-0.4, -0.2) is 32.4 Å². The average molecular weight is 591 g/mol. The molecule has 0 radical (unpaired) electrons. The van der Waals surface area contributed by atoms with Crippen molar-refractivity contribution in [3.63, 3.8) is 0 Å². The highest BCUT2D eigenvalue weighted by molar-refractivity contribution is 5.98. The lowest BCUT2D eigenvalue weighted by Gasteiger charge is -2.13. The van der Waals surface area contributed by atoms with Crippen LogP contribution < -0.4 is 14.9 Å². The van der Waals surface area contributed by atoms with Crippen LogP contribution in [0.4, 0.5) is 8.78 Å². The molecule has 4 heterocycles. The van der Waals surface area contributed by atoms with Gasteiger partial charge in [0.1, 0.15) is 17.1 Å². The van der Waals surface area contributed by atoms with Gasteiger partial charge in [-0.25, -0.2) is 13.8 Å². The van der Waals surface area contributed by atoms with E-state index < -0.39 is 22.8 Å². The number of fused-ring (bicyclic) bond motifs is 1. The third-order valence-corrected chi connectivity index (χ3v) is 7.05. The van der Waals surface area contributed by atoms with Gasteiger partial charge in [0.05, 0.1) is 35.8 Å². The van der Waals surface area contributed by atoms with Crippen LogP contribution in [0.25, 0.3) is 27.8 Å². The minimum absolute atomic E-state index is 0.0683.